The number of fused-ring (bicyclic) bond motifs is 1. The fourth-order valence-electron chi connectivity index (χ4n) is 4.60. The van der Waals surface area contributed by atoms with Crippen LogP contribution in [0.5, 0.6) is 11.5 Å². The van der Waals surface area contributed by atoms with Crippen LogP contribution in [0.4, 0.5) is 10.5 Å². The molecule has 8 heteroatoms. The van der Waals surface area contributed by atoms with Gasteiger partial charge >= 0.3 is 6.03 Å². The summed E-state index contributed by atoms with van der Waals surface area (Å²) in [6, 6.07) is 20.7. The molecule has 2 aliphatic heterocycles. The van der Waals surface area contributed by atoms with Crippen molar-refractivity contribution in [3.05, 3.63) is 95.0 Å². The van der Waals surface area contributed by atoms with Crippen LogP contribution in [0.15, 0.2) is 77.0 Å². The van der Waals surface area contributed by atoms with Crippen molar-refractivity contribution in [2.45, 2.75) is 26.8 Å². The molecule has 3 aromatic carbocycles. The number of benzene rings is 3. The van der Waals surface area contributed by atoms with Crippen molar-refractivity contribution < 1.29 is 18.8 Å². The van der Waals surface area contributed by atoms with Crippen LogP contribution in [0.25, 0.3) is 17.0 Å². The fraction of sp³-hybridized carbons (Fsp3) is 0.179. The first kappa shape index (κ1) is 21.9. The second kappa shape index (κ2) is 8.57. The molecular weight excluding hydrogens is 456 g/mol. The average Bonchev–Trinajstić information content (AvgIpc) is 3.54. The van der Waals surface area contributed by atoms with Crippen LogP contribution in [0.1, 0.15) is 35.5 Å². The molecule has 0 saturated heterocycles. The van der Waals surface area contributed by atoms with E-state index in [1.165, 1.54) is 0 Å². The van der Waals surface area contributed by atoms with Gasteiger partial charge in [0.1, 0.15) is 0 Å². The van der Waals surface area contributed by atoms with Crippen molar-refractivity contribution in [1.29, 1.82) is 0 Å². The van der Waals surface area contributed by atoms with E-state index >= 15 is 0 Å². The van der Waals surface area contributed by atoms with Crippen LogP contribution < -0.4 is 19.7 Å². The van der Waals surface area contributed by atoms with Gasteiger partial charge in [0.15, 0.2) is 11.5 Å². The Morgan fingerprint density at radius 1 is 0.917 bits per heavy atom. The zero-order valence-corrected chi connectivity index (χ0v) is 20.1. The highest BCUT2D eigenvalue weighted by atomic mass is 16.7. The summed E-state index contributed by atoms with van der Waals surface area (Å²) < 4.78 is 16.8. The number of carbonyl (C=O) groups is 1. The summed E-state index contributed by atoms with van der Waals surface area (Å²) in [6.45, 7) is 6.09. The molecule has 36 heavy (non-hydrogen) atoms. The van der Waals surface area contributed by atoms with Crippen LogP contribution in [0.2, 0.25) is 0 Å². The molecule has 0 bridgehead atoms. The highest BCUT2D eigenvalue weighted by molar-refractivity contribution is 6.01. The minimum Gasteiger partial charge on any atom is -0.454 e. The monoisotopic (exact) mass is 480 g/mol. The summed E-state index contributed by atoms with van der Waals surface area (Å²) in [4.78, 5) is 19.8. The number of hydrogen-bond donors (Lipinski definition) is 1. The number of aryl methyl sites for hydroxylation is 2. The Hall–Kier alpha value is -4.59. The summed E-state index contributed by atoms with van der Waals surface area (Å²) in [7, 11) is 0. The lowest BCUT2D eigenvalue weighted by molar-refractivity contribution is 0.174. The lowest BCUT2D eigenvalue weighted by Crippen LogP contribution is -2.46. The first-order valence-corrected chi connectivity index (χ1v) is 11.7. The van der Waals surface area contributed by atoms with Crippen LogP contribution in [0, 0.1) is 13.8 Å². The minimum atomic E-state index is -0.464. The van der Waals surface area contributed by atoms with E-state index in [9.17, 15) is 4.79 Å². The first-order valence-electron chi connectivity index (χ1n) is 11.7. The number of ether oxygens (including phenoxy) is 2. The van der Waals surface area contributed by atoms with Gasteiger partial charge in [0, 0.05) is 17.3 Å². The normalized spacial score (nSPS) is 16.9. The van der Waals surface area contributed by atoms with Crippen LogP contribution in [-0.4, -0.2) is 23.0 Å². The van der Waals surface area contributed by atoms with E-state index in [2.05, 4.69) is 10.5 Å². The number of aromatic nitrogens is 2. The molecule has 3 heterocycles. The second-order valence-corrected chi connectivity index (χ2v) is 8.96. The van der Waals surface area contributed by atoms with Crippen LogP contribution in [-0.2, 0) is 0 Å². The SMILES string of the molecule is CC1=C(c2nc(-c3cccc(C)c3)no2)C(c2ccc(C)cc2)NC(=O)N1c1ccc2c(c1)OCO2. The van der Waals surface area contributed by atoms with E-state index in [4.69, 9.17) is 19.0 Å². The zero-order valence-electron chi connectivity index (χ0n) is 20.1. The Morgan fingerprint density at radius 3 is 2.53 bits per heavy atom. The minimum absolute atomic E-state index is 0.157. The Kier molecular flexibility index (Phi) is 5.21. The molecule has 1 atom stereocenters. The van der Waals surface area contributed by atoms with Gasteiger partial charge in [-0.2, -0.15) is 4.98 Å². The van der Waals surface area contributed by atoms with Gasteiger partial charge in [-0.1, -0.05) is 58.7 Å². The van der Waals surface area contributed by atoms with Gasteiger partial charge in [-0.3, -0.25) is 4.90 Å². The molecule has 1 N–H and O–H groups in total. The van der Waals surface area contributed by atoms with E-state index in [-0.39, 0.29) is 12.8 Å². The topological polar surface area (TPSA) is 89.7 Å². The third-order valence-electron chi connectivity index (χ3n) is 6.44. The molecule has 6 rings (SSSR count). The number of allylic oxidation sites excluding steroid dienone is 1. The van der Waals surface area contributed by atoms with E-state index in [0.29, 0.717) is 34.6 Å². The maximum Gasteiger partial charge on any atom is 0.327 e. The third-order valence-corrected chi connectivity index (χ3v) is 6.44. The van der Waals surface area contributed by atoms with Gasteiger partial charge in [-0.05, 0) is 44.5 Å². The van der Waals surface area contributed by atoms with Crippen molar-refractivity contribution in [3.8, 4) is 22.9 Å². The van der Waals surface area contributed by atoms with Gasteiger partial charge < -0.3 is 19.3 Å². The summed E-state index contributed by atoms with van der Waals surface area (Å²) in [5.74, 6) is 2.08. The molecule has 1 aromatic heterocycles. The second-order valence-electron chi connectivity index (χ2n) is 8.96. The molecule has 8 nitrogen and oxygen atoms in total. The molecule has 0 fully saturated rings. The highest BCUT2D eigenvalue weighted by Crippen LogP contribution is 2.42. The Bertz CT molecular complexity index is 1510. The molecule has 1 unspecified atom stereocenters. The standard InChI is InChI=1S/C28H24N4O4/c1-16-7-9-19(10-8-16)25-24(27-30-26(31-36-27)20-6-4-5-17(2)13-20)18(3)32(28(33)29-25)21-11-12-22-23(14-21)35-15-34-22/h4-14,25H,15H2,1-3H3,(H,29,33). The molecule has 2 amide bonds. The number of carbonyl (C=O) groups excluding carboxylic acids is 1. The molecule has 2 aliphatic rings. The number of urea groups is 1. The van der Waals surface area contributed by atoms with Gasteiger partial charge in [0.25, 0.3) is 5.89 Å². The predicted octanol–water partition coefficient (Wildman–Crippen LogP) is 5.78. The van der Waals surface area contributed by atoms with Gasteiger partial charge in [-0.15, -0.1) is 0 Å². The lowest BCUT2D eigenvalue weighted by atomic mass is 9.94. The molecule has 0 aliphatic carbocycles. The summed E-state index contributed by atoms with van der Waals surface area (Å²) >= 11 is 0. The first-order chi connectivity index (χ1) is 17.5. The fourth-order valence-corrected chi connectivity index (χ4v) is 4.60. The van der Waals surface area contributed by atoms with Crippen molar-refractivity contribution in [3.63, 3.8) is 0 Å². The summed E-state index contributed by atoms with van der Waals surface area (Å²) in [5.41, 5.74) is 6.07. The van der Waals surface area contributed by atoms with Gasteiger partial charge in [0.05, 0.1) is 17.3 Å². The molecule has 0 spiro atoms. The van der Waals surface area contributed by atoms with Gasteiger partial charge in [0.2, 0.25) is 12.6 Å². The Balaban J connectivity index is 1.49. The van der Waals surface area contributed by atoms with Crippen LogP contribution >= 0.6 is 0 Å². The largest absolute Gasteiger partial charge is 0.454 e. The van der Waals surface area contributed by atoms with E-state index in [1.54, 1.807) is 17.0 Å². The number of nitrogens with zero attached hydrogens (tertiary/aromatic N) is 3. The average molecular weight is 481 g/mol. The molecular formula is C28H24N4O4. The number of anilines is 1. The quantitative estimate of drug-likeness (QED) is 0.398. The highest BCUT2D eigenvalue weighted by Gasteiger charge is 2.37. The molecule has 180 valence electrons. The molecule has 0 saturated carbocycles. The lowest BCUT2D eigenvalue weighted by Gasteiger charge is -2.35. The number of hydrogen-bond acceptors (Lipinski definition) is 6. The summed E-state index contributed by atoms with van der Waals surface area (Å²) in [6.07, 6.45) is 0. The van der Waals surface area contributed by atoms with Gasteiger partial charge in [-0.25, -0.2) is 4.79 Å². The van der Waals surface area contributed by atoms with Crippen molar-refractivity contribution in [2.75, 3.05) is 11.7 Å². The van der Waals surface area contributed by atoms with Crippen molar-refractivity contribution in [1.82, 2.24) is 15.5 Å². The maximum absolute atomic E-state index is 13.4. The van der Waals surface area contributed by atoms with Crippen molar-refractivity contribution in [2.24, 2.45) is 0 Å². The predicted molar refractivity (Wildman–Crippen MR) is 135 cm³/mol. The van der Waals surface area contributed by atoms with E-state index < -0.39 is 6.04 Å². The van der Waals surface area contributed by atoms with Crippen LogP contribution in [0.3, 0.4) is 0 Å². The maximum atomic E-state index is 13.4. The Morgan fingerprint density at radius 2 is 1.72 bits per heavy atom. The summed E-state index contributed by atoms with van der Waals surface area (Å²) in [5, 5.41) is 7.39. The Labute approximate surface area is 208 Å². The molecule has 4 aromatic rings. The van der Waals surface area contributed by atoms with E-state index in [1.807, 2.05) is 75.4 Å². The number of rotatable bonds is 4. The smallest absolute Gasteiger partial charge is 0.327 e. The number of amides is 2. The van der Waals surface area contributed by atoms with Crippen molar-refractivity contribution >= 4 is 17.3 Å². The zero-order chi connectivity index (χ0) is 24.8. The van der Waals surface area contributed by atoms with E-state index in [0.717, 1.165) is 27.8 Å². The molecule has 0 radical (unpaired) electrons. The number of nitrogens with one attached hydrogen (secondary N) is 1. The third kappa shape index (κ3) is 3.76.